The number of nitrogens with zero attached hydrogens (tertiary/aromatic N) is 2. The highest BCUT2D eigenvalue weighted by Crippen LogP contribution is 2.29. The van der Waals surface area contributed by atoms with E-state index in [2.05, 4.69) is 10.3 Å². The molecule has 0 fully saturated rings. The fraction of sp³-hybridized carbons (Fsp3) is 0.158. The molecule has 1 aliphatic heterocycles. The van der Waals surface area contributed by atoms with E-state index in [1.165, 1.54) is 6.07 Å². The Morgan fingerprint density at radius 1 is 1.04 bits per heavy atom. The number of hydrogen-bond donors (Lipinski definition) is 1. The average Bonchev–Trinajstić information content (AvgIpc) is 3.15. The fourth-order valence-corrected chi connectivity index (χ4v) is 4.76. The Kier molecular flexibility index (Phi) is 4.08. The van der Waals surface area contributed by atoms with Gasteiger partial charge >= 0.3 is 0 Å². The molecule has 2 aromatic heterocycles. The van der Waals surface area contributed by atoms with Gasteiger partial charge in [0.2, 0.25) is 9.84 Å². The van der Waals surface area contributed by atoms with E-state index >= 15 is 0 Å². The number of rotatable bonds is 4. The third-order valence-corrected chi connectivity index (χ3v) is 6.25. The van der Waals surface area contributed by atoms with Crippen molar-refractivity contribution in [2.45, 2.75) is 29.2 Å². The zero-order chi connectivity index (χ0) is 18.1. The largest absolute Gasteiger partial charge is 0.336 e. The smallest absolute Gasteiger partial charge is 0.274 e. The van der Waals surface area contributed by atoms with Crippen molar-refractivity contribution in [2.75, 3.05) is 5.32 Å². The lowest BCUT2D eigenvalue weighted by Gasteiger charge is -2.14. The van der Waals surface area contributed by atoms with Gasteiger partial charge in [-0.15, -0.1) is 0 Å². The molecular formula is C19H17N3O3S. The van der Waals surface area contributed by atoms with Gasteiger partial charge in [0.25, 0.3) is 5.56 Å². The highest BCUT2D eigenvalue weighted by molar-refractivity contribution is 7.91. The van der Waals surface area contributed by atoms with Gasteiger partial charge in [-0.2, -0.15) is 0 Å². The van der Waals surface area contributed by atoms with Crippen molar-refractivity contribution in [3.05, 3.63) is 76.8 Å². The molecule has 1 N–H and O–H groups in total. The van der Waals surface area contributed by atoms with Crippen LogP contribution in [-0.2, 0) is 22.8 Å². The van der Waals surface area contributed by atoms with E-state index in [0.717, 1.165) is 6.42 Å². The van der Waals surface area contributed by atoms with Crippen molar-refractivity contribution in [1.29, 1.82) is 0 Å². The van der Waals surface area contributed by atoms with E-state index in [9.17, 15) is 13.2 Å². The summed E-state index contributed by atoms with van der Waals surface area (Å²) in [6.45, 7) is 0.517. The van der Waals surface area contributed by atoms with Gasteiger partial charge in [0.15, 0.2) is 0 Å². The standard InChI is InChI=1S/C19H17N3O3S/c23-19-15(21-18-10-4-5-11-20-18)13-17(16-9-6-12-22(16)19)26(24,25)14-7-2-1-3-8-14/h1-5,7-8,10-11,13H,6,9,12H2,(H,20,21). The molecule has 7 heteroatoms. The van der Waals surface area contributed by atoms with Crippen LogP contribution in [-0.4, -0.2) is 18.0 Å². The number of benzene rings is 1. The highest BCUT2D eigenvalue weighted by atomic mass is 32.2. The van der Waals surface area contributed by atoms with Crippen LogP contribution in [0.5, 0.6) is 0 Å². The lowest BCUT2D eigenvalue weighted by molar-refractivity contribution is 0.593. The van der Waals surface area contributed by atoms with Gasteiger partial charge < -0.3 is 9.88 Å². The quantitative estimate of drug-likeness (QED) is 0.767. The number of fused-ring (bicyclic) bond motifs is 1. The summed E-state index contributed by atoms with van der Waals surface area (Å²) in [5.74, 6) is 0.492. The van der Waals surface area contributed by atoms with Crippen molar-refractivity contribution in [2.24, 2.45) is 0 Å². The van der Waals surface area contributed by atoms with Crippen molar-refractivity contribution in [3.8, 4) is 0 Å². The van der Waals surface area contributed by atoms with Crippen LogP contribution in [0, 0.1) is 0 Å². The molecule has 0 spiro atoms. The highest BCUT2D eigenvalue weighted by Gasteiger charge is 2.28. The van der Waals surface area contributed by atoms with Crippen LogP contribution >= 0.6 is 0 Å². The molecule has 0 atom stereocenters. The fourth-order valence-electron chi connectivity index (χ4n) is 3.20. The van der Waals surface area contributed by atoms with Gasteiger partial charge in [-0.25, -0.2) is 13.4 Å². The van der Waals surface area contributed by atoms with E-state index in [-0.39, 0.29) is 21.0 Å². The van der Waals surface area contributed by atoms with Crippen molar-refractivity contribution in [1.82, 2.24) is 9.55 Å². The number of aromatic nitrogens is 2. The molecule has 0 bridgehead atoms. The minimum Gasteiger partial charge on any atom is -0.336 e. The molecule has 0 saturated carbocycles. The summed E-state index contributed by atoms with van der Waals surface area (Å²) < 4.78 is 27.9. The molecule has 132 valence electrons. The summed E-state index contributed by atoms with van der Waals surface area (Å²) in [7, 11) is -3.72. The molecule has 3 heterocycles. The molecule has 1 aliphatic rings. The molecular weight excluding hydrogens is 350 g/mol. The topological polar surface area (TPSA) is 81.1 Å². The van der Waals surface area contributed by atoms with E-state index < -0.39 is 9.84 Å². The second-order valence-corrected chi connectivity index (χ2v) is 8.00. The van der Waals surface area contributed by atoms with Crippen LogP contribution in [0.25, 0.3) is 0 Å². The predicted molar refractivity (Wildman–Crippen MR) is 98.4 cm³/mol. The lowest BCUT2D eigenvalue weighted by atomic mass is 10.2. The molecule has 0 aliphatic carbocycles. The van der Waals surface area contributed by atoms with Gasteiger partial charge in [-0.1, -0.05) is 24.3 Å². The van der Waals surface area contributed by atoms with Gasteiger partial charge in [0.05, 0.1) is 9.79 Å². The number of anilines is 2. The van der Waals surface area contributed by atoms with Gasteiger partial charge in [-0.05, 0) is 43.2 Å². The Hall–Kier alpha value is -2.93. The number of hydrogen-bond acceptors (Lipinski definition) is 5. The Morgan fingerprint density at radius 3 is 2.54 bits per heavy atom. The van der Waals surface area contributed by atoms with E-state index in [0.29, 0.717) is 24.5 Å². The Bertz CT molecular complexity index is 1110. The number of pyridine rings is 2. The third kappa shape index (κ3) is 2.80. The van der Waals surface area contributed by atoms with Gasteiger partial charge in [0.1, 0.15) is 11.5 Å². The first-order valence-electron chi connectivity index (χ1n) is 8.32. The normalized spacial score (nSPS) is 13.4. The zero-order valence-corrected chi connectivity index (χ0v) is 14.7. The Labute approximate surface area is 151 Å². The molecule has 0 amide bonds. The molecule has 4 rings (SSSR count). The first kappa shape index (κ1) is 16.5. The van der Waals surface area contributed by atoms with E-state index in [1.54, 1.807) is 59.3 Å². The molecule has 3 aromatic rings. The van der Waals surface area contributed by atoms with Gasteiger partial charge in [0, 0.05) is 18.4 Å². The van der Waals surface area contributed by atoms with Crippen molar-refractivity contribution < 1.29 is 8.42 Å². The van der Waals surface area contributed by atoms with E-state index in [1.807, 2.05) is 0 Å². The minimum absolute atomic E-state index is 0.180. The molecule has 0 saturated heterocycles. The third-order valence-electron chi connectivity index (χ3n) is 4.43. The summed E-state index contributed by atoms with van der Waals surface area (Å²) in [5.41, 5.74) is 0.560. The van der Waals surface area contributed by atoms with E-state index in [4.69, 9.17) is 0 Å². The second kappa shape index (κ2) is 6.42. The minimum atomic E-state index is -3.72. The van der Waals surface area contributed by atoms with Crippen LogP contribution in [0.3, 0.4) is 0 Å². The maximum Gasteiger partial charge on any atom is 0.274 e. The molecule has 26 heavy (non-hydrogen) atoms. The monoisotopic (exact) mass is 367 g/mol. The first-order chi connectivity index (χ1) is 12.6. The molecule has 0 radical (unpaired) electrons. The van der Waals surface area contributed by atoms with Crippen LogP contribution < -0.4 is 10.9 Å². The first-order valence-corrected chi connectivity index (χ1v) is 9.80. The van der Waals surface area contributed by atoms with Crippen molar-refractivity contribution in [3.63, 3.8) is 0 Å². The Balaban J connectivity index is 1.89. The second-order valence-electron chi connectivity index (χ2n) is 6.09. The summed E-state index contributed by atoms with van der Waals surface area (Å²) in [4.78, 5) is 17.3. The summed E-state index contributed by atoms with van der Waals surface area (Å²) in [6, 6.07) is 15.0. The van der Waals surface area contributed by atoms with Gasteiger partial charge in [-0.3, -0.25) is 4.79 Å². The molecule has 1 aromatic carbocycles. The maximum absolute atomic E-state index is 13.2. The number of sulfone groups is 1. The Morgan fingerprint density at radius 2 is 1.81 bits per heavy atom. The number of nitrogens with one attached hydrogen (secondary N) is 1. The van der Waals surface area contributed by atoms with Crippen LogP contribution in [0.4, 0.5) is 11.5 Å². The summed E-state index contributed by atoms with van der Waals surface area (Å²) >= 11 is 0. The van der Waals surface area contributed by atoms with Crippen LogP contribution in [0.15, 0.2) is 75.4 Å². The zero-order valence-electron chi connectivity index (χ0n) is 13.9. The predicted octanol–water partition coefficient (Wildman–Crippen LogP) is 2.77. The van der Waals surface area contributed by atoms with Crippen LogP contribution in [0.2, 0.25) is 0 Å². The maximum atomic E-state index is 13.2. The summed E-state index contributed by atoms with van der Waals surface area (Å²) in [6.07, 6.45) is 2.93. The lowest BCUT2D eigenvalue weighted by Crippen LogP contribution is -2.24. The summed E-state index contributed by atoms with van der Waals surface area (Å²) in [5, 5.41) is 2.96. The van der Waals surface area contributed by atoms with Crippen LogP contribution in [0.1, 0.15) is 12.1 Å². The molecule has 0 unspecified atom stereocenters. The average molecular weight is 367 g/mol. The van der Waals surface area contributed by atoms with Crippen molar-refractivity contribution >= 4 is 21.3 Å². The molecule has 6 nitrogen and oxygen atoms in total. The SMILES string of the molecule is O=c1c(Nc2ccccn2)cc(S(=O)(=O)c2ccccc2)c2n1CCC2.